The van der Waals surface area contributed by atoms with Gasteiger partial charge >= 0.3 is 6.09 Å². The molecule has 0 saturated heterocycles. The largest absolute Gasteiger partial charge is 0.445 e. The quantitative estimate of drug-likeness (QED) is 0.875. The van der Waals surface area contributed by atoms with Crippen molar-refractivity contribution < 1.29 is 13.9 Å². The number of ether oxygens (including phenoxy) is 1. The standard InChI is InChI=1S/C17H13ClFNO2/c18-15-8-9-16(19)14(11-15)7-4-10-20-17(21)22-12-13-5-2-1-3-6-13/h1-3,5-6,8-9,11H,10,12H2,(H,20,21). The number of alkyl carbamates (subject to hydrolysis) is 1. The lowest BCUT2D eigenvalue weighted by Gasteiger charge is -2.04. The van der Waals surface area contributed by atoms with Crippen LogP contribution in [0.5, 0.6) is 0 Å². The van der Waals surface area contributed by atoms with Crippen molar-refractivity contribution in [3.63, 3.8) is 0 Å². The highest BCUT2D eigenvalue weighted by Crippen LogP contribution is 2.13. The average molecular weight is 318 g/mol. The number of carbonyl (C=O) groups excluding carboxylic acids is 1. The van der Waals surface area contributed by atoms with E-state index in [1.165, 1.54) is 18.2 Å². The molecule has 2 aromatic rings. The molecule has 2 rings (SSSR count). The van der Waals surface area contributed by atoms with Gasteiger partial charge in [-0.05, 0) is 23.8 Å². The zero-order valence-electron chi connectivity index (χ0n) is 11.6. The summed E-state index contributed by atoms with van der Waals surface area (Å²) in [6.45, 7) is 0.239. The van der Waals surface area contributed by atoms with E-state index < -0.39 is 11.9 Å². The lowest BCUT2D eigenvalue weighted by molar-refractivity contribution is 0.141. The van der Waals surface area contributed by atoms with Gasteiger partial charge in [0.15, 0.2) is 0 Å². The molecule has 22 heavy (non-hydrogen) atoms. The van der Waals surface area contributed by atoms with Crippen molar-refractivity contribution in [3.8, 4) is 11.8 Å². The molecule has 0 heterocycles. The van der Waals surface area contributed by atoms with E-state index in [1.54, 1.807) is 0 Å². The van der Waals surface area contributed by atoms with E-state index >= 15 is 0 Å². The predicted octanol–water partition coefficient (Wildman–Crippen LogP) is 3.76. The van der Waals surface area contributed by atoms with Gasteiger partial charge in [-0.3, -0.25) is 0 Å². The smallest absolute Gasteiger partial charge is 0.408 e. The molecule has 0 spiro atoms. The average Bonchev–Trinajstić information content (AvgIpc) is 2.53. The molecule has 0 saturated carbocycles. The molecule has 0 aliphatic carbocycles. The van der Waals surface area contributed by atoms with E-state index in [-0.39, 0.29) is 18.7 Å². The van der Waals surface area contributed by atoms with Gasteiger partial charge in [0.25, 0.3) is 0 Å². The molecule has 0 fully saturated rings. The van der Waals surface area contributed by atoms with Crippen LogP contribution < -0.4 is 5.32 Å². The monoisotopic (exact) mass is 317 g/mol. The van der Waals surface area contributed by atoms with Gasteiger partial charge in [0, 0.05) is 5.02 Å². The van der Waals surface area contributed by atoms with Crippen LogP contribution in [0.15, 0.2) is 48.5 Å². The molecule has 5 heteroatoms. The molecule has 112 valence electrons. The lowest BCUT2D eigenvalue weighted by Crippen LogP contribution is -2.24. The Balaban J connectivity index is 1.78. The Bertz CT molecular complexity index is 708. The Morgan fingerprint density at radius 2 is 2.00 bits per heavy atom. The number of benzene rings is 2. The van der Waals surface area contributed by atoms with Crippen LogP contribution >= 0.6 is 11.6 Å². The second-order valence-electron chi connectivity index (χ2n) is 4.34. The van der Waals surface area contributed by atoms with Crippen molar-refractivity contribution in [2.75, 3.05) is 6.54 Å². The third-order valence-electron chi connectivity index (χ3n) is 2.69. The number of nitrogens with one attached hydrogen (secondary N) is 1. The van der Waals surface area contributed by atoms with E-state index in [9.17, 15) is 9.18 Å². The Morgan fingerprint density at radius 3 is 2.77 bits per heavy atom. The summed E-state index contributed by atoms with van der Waals surface area (Å²) >= 11 is 5.76. The van der Waals surface area contributed by atoms with Crippen molar-refractivity contribution in [1.29, 1.82) is 0 Å². The summed E-state index contributed by atoms with van der Waals surface area (Å²) in [5.74, 6) is 4.79. The molecule has 0 radical (unpaired) electrons. The molecular weight excluding hydrogens is 305 g/mol. The van der Waals surface area contributed by atoms with E-state index in [2.05, 4.69) is 17.2 Å². The highest BCUT2D eigenvalue weighted by Gasteiger charge is 2.01. The topological polar surface area (TPSA) is 38.3 Å². The van der Waals surface area contributed by atoms with Crippen molar-refractivity contribution >= 4 is 17.7 Å². The van der Waals surface area contributed by atoms with Crippen LogP contribution in [-0.2, 0) is 11.3 Å². The summed E-state index contributed by atoms with van der Waals surface area (Å²) in [7, 11) is 0. The van der Waals surface area contributed by atoms with Gasteiger partial charge in [0.2, 0.25) is 0 Å². The molecule has 0 aliphatic heterocycles. The first-order valence-corrected chi connectivity index (χ1v) is 6.91. The zero-order chi connectivity index (χ0) is 15.8. The molecule has 0 aliphatic rings. The Kier molecular flexibility index (Phi) is 5.81. The van der Waals surface area contributed by atoms with Crippen LogP contribution in [-0.4, -0.2) is 12.6 Å². The molecule has 0 unspecified atom stereocenters. The maximum absolute atomic E-state index is 13.4. The summed E-state index contributed by atoms with van der Waals surface area (Å²) in [5.41, 5.74) is 1.08. The molecule has 0 atom stereocenters. The van der Waals surface area contributed by atoms with Crippen LogP contribution in [0.1, 0.15) is 11.1 Å². The fourth-order valence-corrected chi connectivity index (χ4v) is 1.80. The molecular formula is C17H13ClFNO2. The molecule has 0 aromatic heterocycles. The minimum atomic E-state index is -0.579. The number of hydrogen-bond donors (Lipinski definition) is 1. The Morgan fingerprint density at radius 1 is 1.23 bits per heavy atom. The number of rotatable bonds is 3. The van der Waals surface area contributed by atoms with E-state index in [1.807, 2.05) is 30.3 Å². The van der Waals surface area contributed by atoms with Crippen molar-refractivity contribution in [1.82, 2.24) is 5.32 Å². The minimum Gasteiger partial charge on any atom is -0.445 e. The van der Waals surface area contributed by atoms with Crippen molar-refractivity contribution in [2.24, 2.45) is 0 Å². The van der Waals surface area contributed by atoms with Gasteiger partial charge in [0.05, 0.1) is 12.1 Å². The number of halogens is 2. The highest BCUT2D eigenvalue weighted by molar-refractivity contribution is 6.30. The van der Waals surface area contributed by atoms with Crippen molar-refractivity contribution in [3.05, 3.63) is 70.5 Å². The van der Waals surface area contributed by atoms with Gasteiger partial charge in [0.1, 0.15) is 12.4 Å². The molecule has 3 nitrogen and oxygen atoms in total. The van der Waals surface area contributed by atoms with Crippen LogP contribution in [0.3, 0.4) is 0 Å². The van der Waals surface area contributed by atoms with E-state index in [4.69, 9.17) is 16.3 Å². The minimum absolute atomic E-state index is 0.0551. The third-order valence-corrected chi connectivity index (χ3v) is 2.92. The Labute approximate surface area is 133 Å². The van der Waals surface area contributed by atoms with Crippen molar-refractivity contribution in [2.45, 2.75) is 6.61 Å². The normalized spacial score (nSPS) is 9.55. The molecule has 1 N–H and O–H groups in total. The van der Waals surface area contributed by atoms with Gasteiger partial charge in [-0.25, -0.2) is 9.18 Å². The lowest BCUT2D eigenvalue weighted by atomic mass is 10.2. The number of carbonyl (C=O) groups is 1. The number of amides is 1. The van der Waals surface area contributed by atoms with Gasteiger partial charge in [-0.15, -0.1) is 0 Å². The summed E-state index contributed by atoms with van der Waals surface area (Å²) < 4.78 is 18.4. The maximum Gasteiger partial charge on any atom is 0.408 e. The molecule has 2 aromatic carbocycles. The summed E-state index contributed by atoms with van der Waals surface area (Å²) in [6.07, 6.45) is -0.579. The first-order valence-electron chi connectivity index (χ1n) is 6.53. The van der Waals surface area contributed by atoms with Gasteiger partial charge < -0.3 is 10.1 Å². The maximum atomic E-state index is 13.4. The van der Waals surface area contributed by atoms with E-state index in [0.29, 0.717) is 5.02 Å². The number of hydrogen-bond acceptors (Lipinski definition) is 2. The molecule has 0 bridgehead atoms. The fourth-order valence-electron chi connectivity index (χ4n) is 1.62. The van der Waals surface area contributed by atoms with Gasteiger partial charge in [-0.1, -0.05) is 53.8 Å². The third kappa shape index (κ3) is 5.12. The second-order valence-corrected chi connectivity index (χ2v) is 4.78. The highest BCUT2D eigenvalue weighted by atomic mass is 35.5. The second kappa shape index (κ2) is 8.06. The summed E-state index contributed by atoms with van der Waals surface area (Å²) in [6, 6.07) is 13.4. The Hall–Kier alpha value is -2.51. The van der Waals surface area contributed by atoms with E-state index in [0.717, 1.165) is 5.56 Å². The summed E-state index contributed by atoms with van der Waals surface area (Å²) in [4.78, 5) is 11.5. The first kappa shape index (κ1) is 15.9. The van der Waals surface area contributed by atoms with Crippen LogP contribution in [0, 0.1) is 17.7 Å². The van der Waals surface area contributed by atoms with Crippen LogP contribution in [0.25, 0.3) is 0 Å². The van der Waals surface area contributed by atoms with Crippen LogP contribution in [0.2, 0.25) is 5.02 Å². The van der Waals surface area contributed by atoms with Gasteiger partial charge in [-0.2, -0.15) is 0 Å². The fraction of sp³-hybridized carbons (Fsp3) is 0.118. The summed E-state index contributed by atoms with van der Waals surface area (Å²) in [5, 5.41) is 2.87. The van der Waals surface area contributed by atoms with Crippen LogP contribution in [0.4, 0.5) is 9.18 Å². The SMILES string of the molecule is O=C(NCC#Cc1cc(Cl)ccc1F)OCc1ccccc1. The zero-order valence-corrected chi connectivity index (χ0v) is 12.4. The predicted molar refractivity (Wildman–Crippen MR) is 82.9 cm³/mol. The first-order chi connectivity index (χ1) is 10.6. The molecule has 1 amide bonds.